The second-order valence-electron chi connectivity index (χ2n) is 7.54. The van der Waals surface area contributed by atoms with Crippen LogP contribution in [0, 0.1) is 13.8 Å². The quantitative estimate of drug-likeness (QED) is 0.639. The van der Waals surface area contributed by atoms with Gasteiger partial charge in [-0.15, -0.1) is 11.3 Å². The summed E-state index contributed by atoms with van der Waals surface area (Å²) < 4.78 is 1.24. The second-order valence-corrected chi connectivity index (χ2v) is 8.42. The molecule has 4 rings (SSSR count). The fraction of sp³-hybridized carbons (Fsp3) is 0.455. The molecule has 0 atom stereocenters. The summed E-state index contributed by atoms with van der Waals surface area (Å²) in [7, 11) is 0. The topological polar surface area (TPSA) is 41.0 Å². The van der Waals surface area contributed by atoms with Gasteiger partial charge >= 0.3 is 0 Å². The van der Waals surface area contributed by atoms with Crippen molar-refractivity contribution >= 4 is 27.4 Å². The largest absolute Gasteiger partial charge is 0.355 e. The molecular weight excluding hydrogens is 352 g/mol. The first-order valence-electron chi connectivity index (χ1n) is 9.94. The number of benzene rings is 1. The molecule has 4 nitrogen and oxygen atoms in total. The smallest absolute Gasteiger partial charge is 0.150 e. The van der Waals surface area contributed by atoms with Crippen molar-refractivity contribution in [2.24, 2.45) is 0 Å². The van der Waals surface area contributed by atoms with Crippen molar-refractivity contribution in [1.82, 2.24) is 15.3 Å². The summed E-state index contributed by atoms with van der Waals surface area (Å²) in [6, 6.07) is 9.35. The van der Waals surface area contributed by atoms with E-state index in [1.165, 1.54) is 40.7 Å². The molecule has 5 heteroatoms. The molecule has 0 radical (unpaired) electrons. The number of thiophene rings is 1. The van der Waals surface area contributed by atoms with Crippen molar-refractivity contribution in [1.29, 1.82) is 0 Å². The van der Waals surface area contributed by atoms with Gasteiger partial charge in [0.15, 0.2) is 0 Å². The zero-order valence-electron chi connectivity index (χ0n) is 16.2. The molecule has 1 saturated heterocycles. The Hall–Kier alpha value is -1.98. The Morgan fingerprint density at radius 1 is 1.11 bits per heavy atom. The number of hydrogen-bond donors (Lipinski definition) is 1. The van der Waals surface area contributed by atoms with E-state index in [-0.39, 0.29) is 0 Å². The van der Waals surface area contributed by atoms with Crippen LogP contribution in [0.1, 0.15) is 36.0 Å². The van der Waals surface area contributed by atoms with E-state index in [2.05, 4.69) is 63.7 Å². The first-order chi connectivity index (χ1) is 13.2. The maximum Gasteiger partial charge on any atom is 0.150 e. The lowest BCUT2D eigenvalue weighted by Crippen LogP contribution is -2.43. The van der Waals surface area contributed by atoms with Crippen LogP contribution in [0.15, 0.2) is 36.0 Å². The molecule has 0 saturated carbocycles. The van der Waals surface area contributed by atoms with E-state index in [1.807, 2.05) is 0 Å². The van der Waals surface area contributed by atoms with Crippen molar-refractivity contribution in [3.8, 4) is 0 Å². The molecule has 0 bridgehead atoms. The Morgan fingerprint density at radius 2 is 1.93 bits per heavy atom. The highest BCUT2D eigenvalue weighted by Gasteiger charge is 2.22. The fourth-order valence-electron chi connectivity index (χ4n) is 3.95. The van der Waals surface area contributed by atoms with E-state index in [0.29, 0.717) is 6.04 Å². The lowest BCUT2D eigenvalue weighted by atomic mass is 10.0. The van der Waals surface area contributed by atoms with Crippen LogP contribution in [-0.4, -0.2) is 35.6 Å². The average Bonchev–Trinajstić information content (AvgIpc) is 3.08. The average molecular weight is 381 g/mol. The number of nitrogens with one attached hydrogen (secondary N) is 1. The van der Waals surface area contributed by atoms with E-state index in [9.17, 15) is 0 Å². The number of rotatable bonds is 6. The van der Waals surface area contributed by atoms with Gasteiger partial charge in [-0.1, -0.05) is 24.3 Å². The highest BCUT2D eigenvalue weighted by Crippen LogP contribution is 2.32. The van der Waals surface area contributed by atoms with Crippen LogP contribution >= 0.6 is 11.3 Å². The van der Waals surface area contributed by atoms with E-state index >= 15 is 0 Å². The molecule has 1 aliphatic rings. The molecule has 2 aromatic heterocycles. The van der Waals surface area contributed by atoms with Crippen LogP contribution < -0.4 is 10.2 Å². The number of nitrogens with zero attached hydrogens (tertiary/aromatic N) is 3. The highest BCUT2D eigenvalue weighted by atomic mass is 32.1. The van der Waals surface area contributed by atoms with Gasteiger partial charge in [-0.3, -0.25) is 0 Å². The minimum Gasteiger partial charge on any atom is -0.355 e. The second kappa shape index (κ2) is 8.36. The molecule has 0 spiro atoms. The predicted molar refractivity (Wildman–Crippen MR) is 115 cm³/mol. The van der Waals surface area contributed by atoms with E-state index < -0.39 is 0 Å². The summed E-state index contributed by atoms with van der Waals surface area (Å²) in [6.07, 6.45) is 6.44. The molecule has 1 fully saturated rings. The summed E-state index contributed by atoms with van der Waals surface area (Å²) in [4.78, 5) is 11.5. The van der Waals surface area contributed by atoms with Gasteiger partial charge in [0.2, 0.25) is 0 Å². The normalized spacial score (nSPS) is 15.6. The first kappa shape index (κ1) is 18.4. The summed E-state index contributed by atoms with van der Waals surface area (Å²) in [6.45, 7) is 7.57. The molecule has 1 aromatic carbocycles. The number of anilines is 1. The maximum atomic E-state index is 4.59. The van der Waals surface area contributed by atoms with E-state index in [1.54, 1.807) is 17.7 Å². The van der Waals surface area contributed by atoms with Gasteiger partial charge in [0.1, 0.15) is 12.1 Å². The molecule has 3 heterocycles. The molecule has 0 amide bonds. The third kappa shape index (κ3) is 4.14. The summed E-state index contributed by atoms with van der Waals surface area (Å²) in [5.41, 5.74) is 5.25. The van der Waals surface area contributed by atoms with Crippen molar-refractivity contribution in [3.63, 3.8) is 0 Å². The van der Waals surface area contributed by atoms with Gasteiger partial charge in [-0.25, -0.2) is 9.97 Å². The number of hydrogen-bond acceptors (Lipinski definition) is 5. The summed E-state index contributed by atoms with van der Waals surface area (Å²) in [5, 5.41) is 5.95. The summed E-state index contributed by atoms with van der Waals surface area (Å²) >= 11 is 1.77. The van der Waals surface area contributed by atoms with Crippen LogP contribution in [0.4, 0.5) is 5.82 Å². The lowest BCUT2D eigenvalue weighted by molar-refractivity contribution is 0.412. The minimum atomic E-state index is 0.625. The van der Waals surface area contributed by atoms with Gasteiger partial charge in [-0.05, 0) is 68.1 Å². The van der Waals surface area contributed by atoms with Crippen molar-refractivity contribution in [2.45, 2.75) is 45.6 Å². The Kier molecular flexibility index (Phi) is 5.69. The number of aromatic nitrogens is 2. The van der Waals surface area contributed by atoms with Crippen molar-refractivity contribution in [2.75, 3.05) is 24.5 Å². The molecule has 3 aromatic rings. The third-order valence-electron chi connectivity index (χ3n) is 5.62. The molecule has 142 valence electrons. The minimum absolute atomic E-state index is 0.625. The molecular formula is C22H28N4S. The van der Waals surface area contributed by atoms with Crippen molar-refractivity contribution < 1.29 is 0 Å². The van der Waals surface area contributed by atoms with Gasteiger partial charge in [0, 0.05) is 19.1 Å². The molecule has 1 N–H and O–H groups in total. The SMILES string of the molecule is Cc1ccccc1CCCNC1CCN(c2ncnc3c(C)csc23)CC1. The van der Waals surface area contributed by atoms with Gasteiger partial charge in [-0.2, -0.15) is 0 Å². The predicted octanol–water partition coefficient (Wildman–Crippen LogP) is 4.50. The Labute approximate surface area is 165 Å². The Balaban J connectivity index is 1.26. The maximum absolute atomic E-state index is 4.59. The lowest BCUT2D eigenvalue weighted by Gasteiger charge is -2.33. The molecule has 0 unspecified atom stereocenters. The molecule has 27 heavy (non-hydrogen) atoms. The van der Waals surface area contributed by atoms with Crippen LogP contribution in [0.5, 0.6) is 0 Å². The third-order valence-corrected chi connectivity index (χ3v) is 6.71. The van der Waals surface area contributed by atoms with E-state index in [0.717, 1.165) is 37.4 Å². The zero-order valence-corrected chi connectivity index (χ0v) is 17.1. The Morgan fingerprint density at radius 3 is 2.74 bits per heavy atom. The van der Waals surface area contributed by atoms with Crippen LogP contribution in [-0.2, 0) is 6.42 Å². The highest BCUT2D eigenvalue weighted by molar-refractivity contribution is 7.18. The first-order valence-corrected chi connectivity index (χ1v) is 10.8. The van der Waals surface area contributed by atoms with Crippen molar-refractivity contribution in [3.05, 3.63) is 52.7 Å². The van der Waals surface area contributed by atoms with E-state index in [4.69, 9.17) is 0 Å². The molecule has 1 aliphatic heterocycles. The van der Waals surface area contributed by atoms with Gasteiger partial charge < -0.3 is 10.2 Å². The summed E-state index contributed by atoms with van der Waals surface area (Å²) in [5.74, 6) is 1.12. The zero-order chi connectivity index (χ0) is 18.6. The van der Waals surface area contributed by atoms with Gasteiger partial charge in [0.05, 0.1) is 10.2 Å². The Bertz CT molecular complexity index is 896. The molecule has 0 aliphatic carbocycles. The van der Waals surface area contributed by atoms with Crippen LogP contribution in [0.3, 0.4) is 0 Å². The number of piperidine rings is 1. The number of fused-ring (bicyclic) bond motifs is 1. The standard InChI is InChI=1S/C22H28N4S/c1-16-6-3-4-7-18(16)8-5-11-23-19-9-12-26(13-10-19)22-21-20(24-15-25-22)17(2)14-27-21/h3-4,6-7,14-15,19,23H,5,8-13H2,1-2H3. The number of aryl methyl sites for hydroxylation is 3. The van der Waals surface area contributed by atoms with Gasteiger partial charge in [0.25, 0.3) is 0 Å². The van der Waals surface area contributed by atoms with Crippen LogP contribution in [0.2, 0.25) is 0 Å². The monoisotopic (exact) mass is 380 g/mol. The fourth-order valence-corrected chi connectivity index (χ4v) is 4.97. The van der Waals surface area contributed by atoms with Crippen LogP contribution in [0.25, 0.3) is 10.2 Å².